The van der Waals surface area contributed by atoms with Crippen LogP contribution in [-0.4, -0.2) is 46.2 Å². The number of carboxylic acid groups (broad SMARTS) is 1. The summed E-state index contributed by atoms with van der Waals surface area (Å²) in [5.74, 6) is -0.912. The summed E-state index contributed by atoms with van der Waals surface area (Å²) < 4.78 is 7.23. The van der Waals surface area contributed by atoms with Crippen molar-refractivity contribution in [3.8, 4) is 0 Å². The summed E-state index contributed by atoms with van der Waals surface area (Å²) in [7, 11) is 0. The highest BCUT2D eigenvalue weighted by atomic mass is 16.5. The zero-order valence-corrected chi connectivity index (χ0v) is 12.5. The number of nitrogens with zero attached hydrogens (tertiary/aromatic N) is 2. The number of carboxylic acids is 1. The van der Waals surface area contributed by atoms with E-state index in [4.69, 9.17) is 4.74 Å². The Kier molecular flexibility index (Phi) is 4.26. The third-order valence-corrected chi connectivity index (χ3v) is 4.54. The minimum atomic E-state index is -0.912. The highest BCUT2D eigenvalue weighted by molar-refractivity contribution is 5.87. The van der Waals surface area contributed by atoms with Gasteiger partial charge in [0, 0.05) is 43.1 Å². The fourth-order valence-corrected chi connectivity index (χ4v) is 3.46. The van der Waals surface area contributed by atoms with Gasteiger partial charge in [0.2, 0.25) is 0 Å². The second-order valence-corrected chi connectivity index (χ2v) is 5.89. The summed E-state index contributed by atoms with van der Waals surface area (Å²) in [6.45, 7) is 4.38. The van der Waals surface area contributed by atoms with Crippen LogP contribution in [0.4, 0.5) is 0 Å². The van der Waals surface area contributed by atoms with Crippen molar-refractivity contribution in [2.24, 2.45) is 0 Å². The molecule has 0 radical (unpaired) electrons. The predicted molar refractivity (Wildman–Crippen MR) is 77.7 cm³/mol. The van der Waals surface area contributed by atoms with Crippen LogP contribution in [0.5, 0.6) is 0 Å². The maximum absolute atomic E-state index is 11.4. The molecule has 2 heterocycles. The smallest absolute Gasteiger partial charge is 0.356 e. The molecule has 1 atom stereocenters. The molecule has 1 aliphatic carbocycles. The summed E-state index contributed by atoms with van der Waals surface area (Å²) in [5, 5.41) is 17.3. The molecule has 1 aliphatic heterocycles. The number of aryl methyl sites for hydroxylation is 1. The van der Waals surface area contributed by atoms with E-state index in [0.29, 0.717) is 12.1 Å². The van der Waals surface area contributed by atoms with E-state index in [1.165, 1.54) is 0 Å². The summed E-state index contributed by atoms with van der Waals surface area (Å²) in [4.78, 5) is 11.4. The molecular formula is C15H23N3O3. The normalized spacial score (nSPS) is 23.0. The fourth-order valence-electron chi connectivity index (χ4n) is 3.46. The number of rotatable bonds is 4. The molecule has 6 nitrogen and oxygen atoms in total. The topological polar surface area (TPSA) is 76.4 Å². The van der Waals surface area contributed by atoms with Gasteiger partial charge in [0.15, 0.2) is 5.69 Å². The van der Waals surface area contributed by atoms with E-state index in [1.54, 1.807) is 0 Å². The first kappa shape index (κ1) is 14.5. The van der Waals surface area contributed by atoms with E-state index in [2.05, 4.69) is 10.4 Å². The summed E-state index contributed by atoms with van der Waals surface area (Å²) >= 11 is 0. The maximum atomic E-state index is 11.4. The van der Waals surface area contributed by atoms with Crippen molar-refractivity contribution >= 4 is 5.97 Å². The van der Waals surface area contributed by atoms with Crippen LogP contribution in [-0.2, 0) is 24.1 Å². The quantitative estimate of drug-likeness (QED) is 0.873. The lowest BCUT2D eigenvalue weighted by atomic mass is 9.90. The number of fused-ring (bicyclic) bond motifs is 1. The second-order valence-electron chi connectivity index (χ2n) is 5.89. The zero-order chi connectivity index (χ0) is 14.8. The average molecular weight is 293 g/mol. The minimum absolute atomic E-state index is 0.241. The summed E-state index contributed by atoms with van der Waals surface area (Å²) in [6.07, 6.45) is 4.82. The van der Waals surface area contributed by atoms with E-state index in [0.717, 1.165) is 63.1 Å². The number of carbonyl (C=O) groups is 1. The van der Waals surface area contributed by atoms with Gasteiger partial charge in [-0.2, -0.15) is 5.10 Å². The lowest BCUT2D eigenvalue weighted by molar-refractivity contribution is 0.0687. The molecule has 21 heavy (non-hydrogen) atoms. The largest absolute Gasteiger partial charge is 0.476 e. The standard InChI is InChI=1S/C15H23N3O3/c1-2-18-13-4-3-11(16-10-5-7-21-8-6-10)9-12(13)14(17-18)15(19)20/h10-11,16H,2-9H2,1H3,(H,19,20)/t11-/m0/s1. The van der Waals surface area contributed by atoms with E-state index in [9.17, 15) is 9.90 Å². The molecule has 0 bridgehead atoms. The Morgan fingerprint density at radius 3 is 2.81 bits per heavy atom. The fraction of sp³-hybridized carbons (Fsp3) is 0.733. The SMILES string of the molecule is CCn1nc(C(=O)O)c2c1CC[C@H](NC1CCOCC1)C2. The van der Waals surface area contributed by atoms with Crippen molar-refractivity contribution in [1.82, 2.24) is 15.1 Å². The molecule has 6 heteroatoms. The van der Waals surface area contributed by atoms with Gasteiger partial charge in [0.25, 0.3) is 0 Å². The Morgan fingerprint density at radius 1 is 1.38 bits per heavy atom. The van der Waals surface area contributed by atoms with Gasteiger partial charge in [-0.3, -0.25) is 4.68 Å². The Labute approximate surface area is 124 Å². The molecule has 0 saturated carbocycles. The molecule has 1 aromatic heterocycles. The molecule has 1 aromatic rings. The van der Waals surface area contributed by atoms with Gasteiger partial charge in [0.1, 0.15) is 0 Å². The highest BCUT2D eigenvalue weighted by Gasteiger charge is 2.29. The first-order valence-corrected chi connectivity index (χ1v) is 7.84. The first-order chi connectivity index (χ1) is 10.2. The predicted octanol–water partition coefficient (Wildman–Crippen LogP) is 1.23. The number of ether oxygens (including phenoxy) is 1. The maximum Gasteiger partial charge on any atom is 0.356 e. The van der Waals surface area contributed by atoms with Crippen LogP contribution in [0.2, 0.25) is 0 Å². The van der Waals surface area contributed by atoms with Crippen LogP contribution in [0.3, 0.4) is 0 Å². The molecule has 0 amide bonds. The molecule has 2 N–H and O–H groups in total. The van der Waals surface area contributed by atoms with E-state index < -0.39 is 5.97 Å². The van der Waals surface area contributed by atoms with E-state index in [1.807, 2.05) is 11.6 Å². The highest BCUT2D eigenvalue weighted by Crippen LogP contribution is 2.26. The average Bonchev–Trinajstić information content (AvgIpc) is 2.86. The number of hydrogen-bond donors (Lipinski definition) is 2. The van der Waals surface area contributed by atoms with Gasteiger partial charge in [0.05, 0.1) is 0 Å². The minimum Gasteiger partial charge on any atom is -0.476 e. The molecule has 1 fully saturated rings. The third kappa shape index (κ3) is 2.96. The monoisotopic (exact) mass is 293 g/mol. The molecule has 0 aromatic carbocycles. The molecule has 0 spiro atoms. The molecule has 2 aliphatic rings. The Bertz CT molecular complexity index is 520. The Morgan fingerprint density at radius 2 is 2.14 bits per heavy atom. The molecule has 116 valence electrons. The number of aromatic carboxylic acids is 1. The van der Waals surface area contributed by atoms with Crippen molar-refractivity contribution in [1.29, 1.82) is 0 Å². The molecule has 1 saturated heterocycles. The number of nitrogens with one attached hydrogen (secondary N) is 1. The zero-order valence-electron chi connectivity index (χ0n) is 12.5. The van der Waals surface area contributed by atoms with Crippen molar-refractivity contribution in [2.75, 3.05) is 13.2 Å². The summed E-state index contributed by atoms with van der Waals surface area (Å²) in [6, 6.07) is 0.855. The van der Waals surface area contributed by atoms with Gasteiger partial charge >= 0.3 is 5.97 Å². The van der Waals surface area contributed by atoms with Gasteiger partial charge in [-0.1, -0.05) is 0 Å². The van der Waals surface area contributed by atoms with Crippen LogP contribution in [0, 0.1) is 0 Å². The number of hydrogen-bond acceptors (Lipinski definition) is 4. The van der Waals surface area contributed by atoms with Crippen molar-refractivity contribution in [2.45, 2.75) is 57.7 Å². The van der Waals surface area contributed by atoms with Gasteiger partial charge < -0.3 is 15.2 Å². The van der Waals surface area contributed by atoms with Crippen LogP contribution >= 0.6 is 0 Å². The molecule has 3 rings (SSSR count). The van der Waals surface area contributed by atoms with E-state index >= 15 is 0 Å². The van der Waals surface area contributed by atoms with Crippen LogP contribution < -0.4 is 5.32 Å². The van der Waals surface area contributed by atoms with Gasteiger partial charge in [-0.05, 0) is 39.0 Å². The lowest BCUT2D eigenvalue weighted by Crippen LogP contribution is -2.44. The Balaban J connectivity index is 1.74. The Hall–Kier alpha value is -1.40. The van der Waals surface area contributed by atoms with Crippen LogP contribution in [0.25, 0.3) is 0 Å². The van der Waals surface area contributed by atoms with Crippen molar-refractivity contribution < 1.29 is 14.6 Å². The number of aromatic nitrogens is 2. The third-order valence-electron chi connectivity index (χ3n) is 4.54. The van der Waals surface area contributed by atoms with E-state index in [-0.39, 0.29) is 5.69 Å². The van der Waals surface area contributed by atoms with Crippen LogP contribution in [0.15, 0.2) is 0 Å². The lowest BCUT2D eigenvalue weighted by Gasteiger charge is -2.31. The molecular weight excluding hydrogens is 270 g/mol. The van der Waals surface area contributed by atoms with Gasteiger partial charge in [-0.15, -0.1) is 0 Å². The van der Waals surface area contributed by atoms with Crippen molar-refractivity contribution in [3.63, 3.8) is 0 Å². The first-order valence-electron chi connectivity index (χ1n) is 7.84. The molecule has 0 unspecified atom stereocenters. The van der Waals surface area contributed by atoms with Gasteiger partial charge in [-0.25, -0.2) is 4.79 Å². The second kappa shape index (κ2) is 6.15. The van der Waals surface area contributed by atoms with Crippen molar-refractivity contribution in [3.05, 3.63) is 17.0 Å². The van der Waals surface area contributed by atoms with Crippen LogP contribution in [0.1, 0.15) is 47.9 Å². The summed E-state index contributed by atoms with van der Waals surface area (Å²) in [5.41, 5.74) is 2.28.